The molecule has 0 N–H and O–H groups in total. The lowest BCUT2D eigenvalue weighted by atomic mass is 10.0. The lowest BCUT2D eigenvalue weighted by molar-refractivity contribution is -0.138. The Labute approximate surface area is 96.2 Å². The molecule has 0 saturated carbocycles. The highest BCUT2D eigenvalue weighted by Gasteiger charge is 2.33. The van der Waals surface area contributed by atoms with E-state index in [9.17, 15) is 18.0 Å². The van der Waals surface area contributed by atoms with Gasteiger partial charge in [-0.15, -0.1) is 0 Å². The Bertz CT molecular complexity index is 399. The molecule has 1 aromatic rings. The Hall–Kier alpha value is -1.03. The number of carbonyl (C=O) groups excluding carboxylic acids is 1. The van der Waals surface area contributed by atoms with Crippen molar-refractivity contribution in [1.82, 2.24) is 0 Å². The van der Waals surface area contributed by atoms with E-state index in [1.165, 1.54) is 19.1 Å². The number of Topliss-reactive ketones (excluding diaryl/α,β-unsaturated/α-hetero) is 1. The van der Waals surface area contributed by atoms with E-state index in [0.29, 0.717) is 0 Å². The van der Waals surface area contributed by atoms with Crippen molar-refractivity contribution >= 4 is 17.4 Å². The normalized spacial score (nSPS) is 11.6. The summed E-state index contributed by atoms with van der Waals surface area (Å²) in [6.07, 6.45) is -4.35. The summed E-state index contributed by atoms with van der Waals surface area (Å²) in [7, 11) is 0. The summed E-state index contributed by atoms with van der Waals surface area (Å²) in [6, 6.07) is 3.62. The summed E-state index contributed by atoms with van der Waals surface area (Å²) < 4.78 is 37.8. The minimum Gasteiger partial charge on any atom is -0.300 e. The molecule has 16 heavy (non-hydrogen) atoms. The van der Waals surface area contributed by atoms with Crippen LogP contribution in [0.3, 0.4) is 0 Å². The molecule has 0 aliphatic rings. The molecule has 1 rings (SSSR count). The maximum absolute atomic E-state index is 12.6. The number of rotatable bonds is 3. The van der Waals surface area contributed by atoms with E-state index in [0.717, 1.165) is 6.07 Å². The highest BCUT2D eigenvalue weighted by atomic mass is 35.5. The van der Waals surface area contributed by atoms with Gasteiger partial charge in [0.25, 0.3) is 0 Å². The van der Waals surface area contributed by atoms with Crippen LogP contribution >= 0.6 is 11.6 Å². The van der Waals surface area contributed by atoms with E-state index in [-0.39, 0.29) is 29.2 Å². The molecule has 0 bridgehead atoms. The Morgan fingerprint density at radius 1 is 1.38 bits per heavy atom. The predicted molar refractivity (Wildman–Crippen MR) is 55.5 cm³/mol. The van der Waals surface area contributed by atoms with E-state index in [1.54, 1.807) is 0 Å². The van der Waals surface area contributed by atoms with Crippen molar-refractivity contribution in [2.75, 3.05) is 0 Å². The van der Waals surface area contributed by atoms with Gasteiger partial charge in [-0.3, -0.25) is 0 Å². The van der Waals surface area contributed by atoms with Crippen LogP contribution in [0.1, 0.15) is 24.5 Å². The Kier molecular flexibility index (Phi) is 3.97. The standard InChI is InChI=1S/C11H10ClF3O/c1-7(16)5-6-8-9(11(13,14)15)3-2-4-10(8)12/h2-4H,5-6H2,1H3. The van der Waals surface area contributed by atoms with Crippen LogP contribution in [0.5, 0.6) is 0 Å². The van der Waals surface area contributed by atoms with E-state index in [2.05, 4.69) is 0 Å². The minimum absolute atomic E-state index is 0.00753. The Balaban J connectivity index is 3.09. The molecule has 0 aliphatic heterocycles. The topological polar surface area (TPSA) is 17.1 Å². The molecule has 0 saturated heterocycles. The largest absolute Gasteiger partial charge is 0.416 e. The van der Waals surface area contributed by atoms with E-state index in [1.807, 2.05) is 0 Å². The molecule has 0 fully saturated rings. The Morgan fingerprint density at radius 3 is 2.50 bits per heavy atom. The second kappa shape index (κ2) is 4.87. The molecular formula is C11H10ClF3O. The second-order valence-corrected chi connectivity index (χ2v) is 3.87. The molecular weight excluding hydrogens is 241 g/mol. The summed E-state index contributed by atoms with van der Waals surface area (Å²) >= 11 is 5.71. The first-order chi connectivity index (χ1) is 7.32. The quantitative estimate of drug-likeness (QED) is 0.796. The second-order valence-electron chi connectivity index (χ2n) is 3.47. The van der Waals surface area contributed by atoms with E-state index >= 15 is 0 Å². The number of alkyl halides is 3. The maximum atomic E-state index is 12.6. The van der Waals surface area contributed by atoms with Gasteiger partial charge in [0.05, 0.1) is 5.56 Å². The van der Waals surface area contributed by atoms with Crippen molar-refractivity contribution in [1.29, 1.82) is 0 Å². The van der Waals surface area contributed by atoms with E-state index < -0.39 is 11.7 Å². The number of halogens is 4. The smallest absolute Gasteiger partial charge is 0.300 e. The fourth-order valence-corrected chi connectivity index (χ4v) is 1.65. The molecule has 5 heteroatoms. The van der Waals surface area contributed by atoms with Gasteiger partial charge in [-0.05, 0) is 31.0 Å². The first kappa shape index (κ1) is 13.0. The third-order valence-corrected chi connectivity index (χ3v) is 2.51. The average molecular weight is 251 g/mol. The van der Waals surface area contributed by atoms with Gasteiger partial charge in [0.1, 0.15) is 5.78 Å². The summed E-state index contributed by atoms with van der Waals surface area (Å²) in [6.45, 7) is 1.34. The summed E-state index contributed by atoms with van der Waals surface area (Å²) in [4.78, 5) is 10.8. The van der Waals surface area contributed by atoms with Crippen LogP contribution in [0, 0.1) is 0 Å². The number of hydrogen-bond donors (Lipinski definition) is 0. The van der Waals surface area contributed by atoms with Crippen molar-refractivity contribution in [3.8, 4) is 0 Å². The molecule has 0 amide bonds. The van der Waals surface area contributed by atoms with Gasteiger partial charge in [0.15, 0.2) is 0 Å². The van der Waals surface area contributed by atoms with Gasteiger partial charge in [-0.25, -0.2) is 0 Å². The van der Waals surface area contributed by atoms with Crippen LogP contribution in [0.25, 0.3) is 0 Å². The van der Waals surface area contributed by atoms with Gasteiger partial charge in [-0.2, -0.15) is 13.2 Å². The zero-order valence-corrected chi connectivity index (χ0v) is 9.32. The molecule has 0 aromatic heterocycles. The minimum atomic E-state index is -4.43. The molecule has 0 unspecified atom stereocenters. The number of ketones is 1. The fourth-order valence-electron chi connectivity index (χ4n) is 1.38. The van der Waals surface area contributed by atoms with Crippen LogP contribution in [-0.2, 0) is 17.4 Å². The molecule has 1 nitrogen and oxygen atoms in total. The van der Waals surface area contributed by atoms with Crippen molar-refractivity contribution in [2.45, 2.75) is 25.9 Å². The first-order valence-electron chi connectivity index (χ1n) is 4.66. The van der Waals surface area contributed by atoms with Gasteiger partial charge >= 0.3 is 6.18 Å². The lowest BCUT2D eigenvalue weighted by Crippen LogP contribution is -2.10. The summed E-state index contributed by atoms with van der Waals surface area (Å²) in [5, 5.41) is 0.0519. The number of benzene rings is 1. The van der Waals surface area contributed by atoms with Crippen LogP contribution < -0.4 is 0 Å². The highest BCUT2D eigenvalue weighted by molar-refractivity contribution is 6.31. The molecule has 0 radical (unpaired) electrons. The molecule has 0 heterocycles. The van der Waals surface area contributed by atoms with Gasteiger partial charge in [-0.1, -0.05) is 17.7 Å². The van der Waals surface area contributed by atoms with Gasteiger partial charge in [0, 0.05) is 11.4 Å². The molecule has 0 spiro atoms. The molecule has 0 aliphatic carbocycles. The summed E-state index contributed by atoms with van der Waals surface area (Å²) in [5.74, 6) is -0.159. The fraction of sp³-hybridized carbons (Fsp3) is 0.364. The third-order valence-electron chi connectivity index (χ3n) is 2.15. The monoisotopic (exact) mass is 250 g/mol. The molecule has 0 atom stereocenters. The van der Waals surface area contributed by atoms with Crippen molar-refractivity contribution in [3.63, 3.8) is 0 Å². The van der Waals surface area contributed by atoms with Crippen LogP contribution in [-0.4, -0.2) is 5.78 Å². The maximum Gasteiger partial charge on any atom is 0.416 e. The van der Waals surface area contributed by atoms with Crippen molar-refractivity contribution in [2.24, 2.45) is 0 Å². The van der Waals surface area contributed by atoms with Gasteiger partial charge in [0.2, 0.25) is 0 Å². The average Bonchev–Trinajstić information content (AvgIpc) is 2.13. The lowest BCUT2D eigenvalue weighted by Gasteiger charge is -2.13. The zero-order valence-electron chi connectivity index (χ0n) is 8.57. The van der Waals surface area contributed by atoms with Gasteiger partial charge < -0.3 is 4.79 Å². The SMILES string of the molecule is CC(=O)CCc1c(Cl)cccc1C(F)(F)F. The van der Waals surface area contributed by atoms with Crippen LogP contribution in [0.15, 0.2) is 18.2 Å². The Morgan fingerprint density at radius 2 is 2.00 bits per heavy atom. The highest BCUT2D eigenvalue weighted by Crippen LogP contribution is 2.35. The summed E-state index contributed by atoms with van der Waals surface area (Å²) in [5.41, 5.74) is -0.770. The number of hydrogen-bond acceptors (Lipinski definition) is 1. The number of carbonyl (C=O) groups is 1. The molecule has 88 valence electrons. The van der Waals surface area contributed by atoms with Crippen LogP contribution in [0.4, 0.5) is 13.2 Å². The van der Waals surface area contributed by atoms with Crippen LogP contribution in [0.2, 0.25) is 5.02 Å². The zero-order chi connectivity index (χ0) is 12.3. The predicted octanol–water partition coefficient (Wildman–Crippen LogP) is 3.88. The third kappa shape index (κ3) is 3.23. The van der Waals surface area contributed by atoms with E-state index in [4.69, 9.17) is 11.6 Å². The van der Waals surface area contributed by atoms with Crippen molar-refractivity contribution in [3.05, 3.63) is 34.3 Å². The van der Waals surface area contributed by atoms with Crippen molar-refractivity contribution < 1.29 is 18.0 Å². The molecule has 1 aromatic carbocycles. The first-order valence-corrected chi connectivity index (χ1v) is 5.04.